The molecule has 1 atom stereocenters. The highest BCUT2D eigenvalue weighted by Gasteiger charge is 2.28. The number of piperidine rings is 1. The molecule has 5 nitrogen and oxygen atoms in total. The van der Waals surface area contributed by atoms with Crippen molar-refractivity contribution in [2.24, 2.45) is 0 Å². The van der Waals surface area contributed by atoms with Crippen molar-refractivity contribution in [3.05, 3.63) is 65.2 Å². The van der Waals surface area contributed by atoms with Gasteiger partial charge in [-0.2, -0.15) is 0 Å². The predicted molar refractivity (Wildman–Crippen MR) is 121 cm³/mol. The summed E-state index contributed by atoms with van der Waals surface area (Å²) in [5.74, 6) is -0.274. The third kappa shape index (κ3) is 4.85. The van der Waals surface area contributed by atoms with Gasteiger partial charge in [-0.1, -0.05) is 30.3 Å². The molecular formula is C25H33N3O2. The van der Waals surface area contributed by atoms with Gasteiger partial charge < -0.3 is 9.64 Å². The molecule has 0 N–H and O–H groups in total. The van der Waals surface area contributed by atoms with Crippen LogP contribution in [0.25, 0.3) is 0 Å². The van der Waals surface area contributed by atoms with E-state index in [4.69, 9.17) is 4.74 Å². The van der Waals surface area contributed by atoms with E-state index in [-0.39, 0.29) is 5.97 Å². The van der Waals surface area contributed by atoms with Crippen LogP contribution in [0.5, 0.6) is 0 Å². The zero-order valence-corrected chi connectivity index (χ0v) is 18.2. The Labute approximate surface area is 180 Å². The van der Waals surface area contributed by atoms with Crippen molar-refractivity contribution in [3.8, 4) is 0 Å². The first-order valence-corrected chi connectivity index (χ1v) is 11.1. The van der Waals surface area contributed by atoms with Gasteiger partial charge in [0.2, 0.25) is 0 Å². The van der Waals surface area contributed by atoms with Gasteiger partial charge in [-0.15, -0.1) is 0 Å². The van der Waals surface area contributed by atoms with Crippen molar-refractivity contribution in [2.45, 2.75) is 32.4 Å². The number of piperazine rings is 1. The van der Waals surface area contributed by atoms with Gasteiger partial charge in [-0.05, 0) is 55.6 Å². The number of aryl methyl sites for hydroxylation is 1. The van der Waals surface area contributed by atoms with Crippen LogP contribution in [0.2, 0.25) is 0 Å². The van der Waals surface area contributed by atoms with Gasteiger partial charge in [0.25, 0.3) is 0 Å². The zero-order valence-electron chi connectivity index (χ0n) is 18.2. The van der Waals surface area contributed by atoms with Crippen LogP contribution in [0.3, 0.4) is 0 Å². The number of rotatable bonds is 5. The number of ether oxygens (including phenoxy) is 1. The van der Waals surface area contributed by atoms with Gasteiger partial charge in [0.1, 0.15) is 0 Å². The van der Waals surface area contributed by atoms with Gasteiger partial charge >= 0.3 is 5.97 Å². The Kier molecular flexibility index (Phi) is 6.70. The summed E-state index contributed by atoms with van der Waals surface area (Å²) >= 11 is 0. The van der Waals surface area contributed by atoms with Gasteiger partial charge in [-0.3, -0.25) is 9.80 Å². The number of carbonyl (C=O) groups is 1. The standard InChI is InChI=1S/C25H33N3O2/c1-20-6-3-4-8-24(20)28-16-14-27(15-17-28)23-7-5-13-26(19-23)18-21-9-11-22(12-10-21)25(29)30-2/h3-4,6,8-12,23H,5,7,13-19H2,1-2H3. The molecule has 0 amide bonds. The Morgan fingerprint density at radius 3 is 2.43 bits per heavy atom. The Morgan fingerprint density at radius 1 is 1.00 bits per heavy atom. The molecule has 2 fully saturated rings. The van der Waals surface area contributed by atoms with Crippen LogP contribution in [-0.4, -0.2) is 68.2 Å². The molecule has 2 heterocycles. The molecule has 2 aromatic rings. The summed E-state index contributed by atoms with van der Waals surface area (Å²) in [7, 11) is 1.42. The number of para-hydroxylation sites is 1. The summed E-state index contributed by atoms with van der Waals surface area (Å²) < 4.78 is 4.79. The highest BCUT2D eigenvalue weighted by molar-refractivity contribution is 5.89. The van der Waals surface area contributed by atoms with Gasteiger partial charge in [0, 0.05) is 51.0 Å². The second kappa shape index (κ2) is 9.63. The van der Waals surface area contributed by atoms with Crippen LogP contribution in [0.4, 0.5) is 5.69 Å². The smallest absolute Gasteiger partial charge is 0.337 e. The summed E-state index contributed by atoms with van der Waals surface area (Å²) in [4.78, 5) is 19.4. The van der Waals surface area contributed by atoms with Crippen LogP contribution >= 0.6 is 0 Å². The quantitative estimate of drug-likeness (QED) is 0.708. The van der Waals surface area contributed by atoms with E-state index in [0.29, 0.717) is 11.6 Å². The molecule has 1 unspecified atom stereocenters. The molecule has 30 heavy (non-hydrogen) atoms. The molecule has 0 spiro atoms. The number of benzene rings is 2. The monoisotopic (exact) mass is 407 g/mol. The number of hydrogen-bond acceptors (Lipinski definition) is 5. The van der Waals surface area contributed by atoms with Crippen molar-refractivity contribution < 1.29 is 9.53 Å². The molecule has 160 valence electrons. The van der Waals surface area contributed by atoms with E-state index in [1.54, 1.807) is 0 Å². The fourth-order valence-electron chi connectivity index (χ4n) is 4.84. The van der Waals surface area contributed by atoms with Crippen molar-refractivity contribution in [2.75, 3.05) is 51.3 Å². The fourth-order valence-corrected chi connectivity index (χ4v) is 4.84. The van der Waals surface area contributed by atoms with E-state index < -0.39 is 0 Å². The number of nitrogens with zero attached hydrogens (tertiary/aromatic N) is 3. The Bertz CT molecular complexity index is 844. The molecular weight excluding hydrogens is 374 g/mol. The van der Waals surface area contributed by atoms with Gasteiger partial charge in [-0.25, -0.2) is 4.79 Å². The van der Waals surface area contributed by atoms with E-state index in [2.05, 4.69) is 58.0 Å². The maximum absolute atomic E-state index is 11.6. The molecule has 0 aromatic heterocycles. The maximum atomic E-state index is 11.6. The number of esters is 1. The van der Waals surface area contributed by atoms with Crippen LogP contribution in [0, 0.1) is 6.92 Å². The highest BCUT2D eigenvalue weighted by Crippen LogP contribution is 2.24. The SMILES string of the molecule is COC(=O)c1ccc(CN2CCCC(N3CCN(c4ccccc4C)CC3)C2)cc1. The van der Waals surface area contributed by atoms with E-state index in [1.807, 2.05) is 12.1 Å². The average molecular weight is 408 g/mol. The lowest BCUT2D eigenvalue weighted by Gasteiger charge is -2.44. The zero-order chi connectivity index (χ0) is 20.9. The first kappa shape index (κ1) is 20.9. The molecule has 2 aliphatic rings. The lowest BCUT2D eigenvalue weighted by atomic mass is 10.0. The highest BCUT2D eigenvalue weighted by atomic mass is 16.5. The Balaban J connectivity index is 1.30. The molecule has 2 saturated heterocycles. The van der Waals surface area contributed by atoms with E-state index in [9.17, 15) is 4.79 Å². The predicted octanol–water partition coefficient (Wildman–Crippen LogP) is 3.57. The van der Waals surface area contributed by atoms with Gasteiger partial charge in [0.05, 0.1) is 12.7 Å². The Hall–Kier alpha value is -2.37. The second-order valence-corrected chi connectivity index (χ2v) is 8.53. The van der Waals surface area contributed by atoms with Crippen LogP contribution < -0.4 is 4.90 Å². The van der Waals surface area contributed by atoms with E-state index in [0.717, 1.165) is 45.8 Å². The van der Waals surface area contributed by atoms with Gasteiger partial charge in [0.15, 0.2) is 0 Å². The minimum Gasteiger partial charge on any atom is -0.465 e. The van der Waals surface area contributed by atoms with E-state index >= 15 is 0 Å². The number of hydrogen-bond donors (Lipinski definition) is 0. The number of likely N-dealkylation sites (tertiary alicyclic amines) is 1. The van der Waals surface area contributed by atoms with Crippen molar-refractivity contribution in [1.29, 1.82) is 0 Å². The minimum atomic E-state index is -0.274. The molecule has 2 aliphatic heterocycles. The summed E-state index contributed by atoms with van der Waals surface area (Å²) in [5, 5.41) is 0. The summed E-state index contributed by atoms with van der Waals surface area (Å²) in [6.45, 7) is 9.93. The lowest BCUT2D eigenvalue weighted by Crippen LogP contribution is -2.55. The van der Waals surface area contributed by atoms with Crippen LogP contribution in [0.1, 0.15) is 34.3 Å². The molecule has 0 radical (unpaired) electrons. The molecule has 4 rings (SSSR count). The molecule has 2 aromatic carbocycles. The largest absolute Gasteiger partial charge is 0.465 e. The minimum absolute atomic E-state index is 0.274. The third-order valence-corrected chi connectivity index (χ3v) is 6.55. The topological polar surface area (TPSA) is 36.0 Å². The first-order valence-electron chi connectivity index (χ1n) is 11.1. The summed E-state index contributed by atoms with van der Waals surface area (Å²) in [6.07, 6.45) is 2.55. The fraction of sp³-hybridized carbons (Fsp3) is 0.480. The van der Waals surface area contributed by atoms with Crippen LogP contribution in [0.15, 0.2) is 48.5 Å². The molecule has 0 aliphatic carbocycles. The summed E-state index contributed by atoms with van der Waals surface area (Å²) in [5.41, 5.74) is 4.63. The maximum Gasteiger partial charge on any atom is 0.337 e. The molecule has 5 heteroatoms. The van der Waals surface area contributed by atoms with Crippen molar-refractivity contribution in [1.82, 2.24) is 9.80 Å². The Morgan fingerprint density at radius 2 is 1.73 bits per heavy atom. The normalized spacial score (nSPS) is 20.9. The molecule has 0 bridgehead atoms. The van der Waals surface area contributed by atoms with E-state index in [1.165, 1.54) is 36.8 Å². The van der Waals surface area contributed by atoms with Crippen molar-refractivity contribution >= 4 is 11.7 Å². The summed E-state index contributed by atoms with van der Waals surface area (Å²) in [6, 6.07) is 17.2. The number of methoxy groups -OCH3 is 1. The lowest BCUT2D eigenvalue weighted by molar-refractivity contribution is 0.0600. The molecule has 0 saturated carbocycles. The number of carbonyl (C=O) groups excluding carboxylic acids is 1. The first-order chi connectivity index (χ1) is 14.6. The second-order valence-electron chi connectivity index (χ2n) is 8.53. The third-order valence-electron chi connectivity index (χ3n) is 6.55. The van der Waals surface area contributed by atoms with Crippen molar-refractivity contribution in [3.63, 3.8) is 0 Å². The number of anilines is 1. The van der Waals surface area contributed by atoms with Crippen LogP contribution in [-0.2, 0) is 11.3 Å². The average Bonchev–Trinajstić information content (AvgIpc) is 2.80.